The molecule has 0 unspecified atom stereocenters. The molecule has 4 rings (SSSR count). The smallest absolute Gasteiger partial charge is 0.321 e. The van der Waals surface area contributed by atoms with Crippen molar-refractivity contribution in [2.24, 2.45) is 0 Å². The molecular formula is C20H25FN6O2. The van der Waals surface area contributed by atoms with Crippen LogP contribution in [0.1, 0.15) is 12.8 Å². The van der Waals surface area contributed by atoms with Gasteiger partial charge in [-0.2, -0.15) is 5.10 Å². The van der Waals surface area contributed by atoms with Crippen LogP contribution in [0.25, 0.3) is 5.69 Å². The third-order valence-corrected chi connectivity index (χ3v) is 5.43. The Morgan fingerprint density at radius 3 is 2.48 bits per heavy atom. The van der Waals surface area contributed by atoms with E-state index in [-0.39, 0.29) is 11.9 Å². The van der Waals surface area contributed by atoms with Gasteiger partial charge in [-0.05, 0) is 37.1 Å². The van der Waals surface area contributed by atoms with E-state index in [1.54, 1.807) is 34.1 Å². The number of hydrogen-bond acceptors (Lipinski definition) is 4. The molecule has 0 saturated carbocycles. The molecule has 1 N–H and O–H groups in total. The number of nitrogens with zero attached hydrogens (tertiary/aromatic N) is 5. The van der Waals surface area contributed by atoms with Crippen molar-refractivity contribution >= 4 is 17.6 Å². The highest BCUT2D eigenvalue weighted by molar-refractivity contribution is 5.91. The molecule has 2 aliphatic rings. The van der Waals surface area contributed by atoms with Gasteiger partial charge in [0.25, 0.3) is 0 Å². The summed E-state index contributed by atoms with van der Waals surface area (Å²) in [6.07, 6.45) is 5.53. The molecule has 2 aliphatic heterocycles. The zero-order valence-corrected chi connectivity index (χ0v) is 16.3. The van der Waals surface area contributed by atoms with Crippen molar-refractivity contribution in [1.82, 2.24) is 24.5 Å². The molecule has 0 atom stereocenters. The van der Waals surface area contributed by atoms with Crippen molar-refractivity contribution in [2.75, 3.05) is 51.1 Å². The first kappa shape index (κ1) is 19.4. The predicted molar refractivity (Wildman–Crippen MR) is 106 cm³/mol. The number of hydrogen-bond donors (Lipinski definition) is 1. The van der Waals surface area contributed by atoms with Crippen molar-refractivity contribution in [2.45, 2.75) is 12.8 Å². The molecule has 29 heavy (non-hydrogen) atoms. The van der Waals surface area contributed by atoms with Crippen molar-refractivity contribution < 1.29 is 14.0 Å². The Bertz CT molecular complexity index is 858. The summed E-state index contributed by atoms with van der Waals surface area (Å²) in [5, 5.41) is 6.96. The number of piperazine rings is 1. The van der Waals surface area contributed by atoms with E-state index in [0.717, 1.165) is 25.9 Å². The molecule has 1 aromatic heterocycles. The number of urea groups is 1. The van der Waals surface area contributed by atoms with E-state index in [0.29, 0.717) is 44.1 Å². The number of rotatable bonds is 4. The number of carbonyl (C=O) groups excluding carboxylic acids is 2. The summed E-state index contributed by atoms with van der Waals surface area (Å²) in [7, 11) is 0. The van der Waals surface area contributed by atoms with Crippen molar-refractivity contribution in [3.8, 4) is 5.69 Å². The number of halogens is 1. The fourth-order valence-electron chi connectivity index (χ4n) is 3.78. The third-order valence-electron chi connectivity index (χ3n) is 5.43. The fourth-order valence-corrected chi connectivity index (χ4v) is 3.78. The van der Waals surface area contributed by atoms with Crippen LogP contribution in [0.5, 0.6) is 0 Å². The summed E-state index contributed by atoms with van der Waals surface area (Å²) < 4.78 is 15.3. The lowest BCUT2D eigenvalue weighted by Gasteiger charge is -2.35. The van der Waals surface area contributed by atoms with Crippen LogP contribution in [-0.4, -0.2) is 82.2 Å². The average molecular weight is 400 g/mol. The van der Waals surface area contributed by atoms with Gasteiger partial charge in [0.15, 0.2) is 0 Å². The lowest BCUT2D eigenvalue weighted by Crippen LogP contribution is -2.52. The first-order valence-corrected chi connectivity index (χ1v) is 9.96. The zero-order chi connectivity index (χ0) is 20.2. The van der Waals surface area contributed by atoms with E-state index in [1.807, 2.05) is 4.90 Å². The van der Waals surface area contributed by atoms with Gasteiger partial charge in [0.2, 0.25) is 5.91 Å². The molecule has 154 valence electrons. The van der Waals surface area contributed by atoms with Gasteiger partial charge in [0.05, 0.1) is 17.9 Å². The molecule has 2 saturated heterocycles. The standard InChI is InChI=1S/C20H25FN6O2/c21-16-4-5-18(27-9-3-6-22-27)17(14-16)23-20(29)26-12-10-24(11-13-26)15-19(28)25-7-1-2-8-25/h3-6,9,14H,1-2,7-8,10-13,15H2,(H,23,29). The van der Waals surface area contributed by atoms with Crippen LogP contribution in [0.15, 0.2) is 36.7 Å². The summed E-state index contributed by atoms with van der Waals surface area (Å²) in [5.41, 5.74) is 0.963. The van der Waals surface area contributed by atoms with Crippen LogP contribution in [-0.2, 0) is 4.79 Å². The lowest BCUT2D eigenvalue weighted by molar-refractivity contribution is -0.131. The molecule has 0 spiro atoms. The molecule has 2 fully saturated rings. The Labute approximate surface area is 168 Å². The second kappa shape index (κ2) is 8.60. The van der Waals surface area contributed by atoms with Crippen molar-refractivity contribution in [3.05, 3.63) is 42.5 Å². The highest BCUT2D eigenvalue weighted by Crippen LogP contribution is 2.21. The van der Waals surface area contributed by atoms with Gasteiger partial charge in [-0.1, -0.05) is 0 Å². The molecule has 1 aromatic carbocycles. The van der Waals surface area contributed by atoms with Gasteiger partial charge >= 0.3 is 6.03 Å². The number of anilines is 1. The van der Waals surface area contributed by atoms with Crippen LogP contribution >= 0.6 is 0 Å². The van der Waals surface area contributed by atoms with E-state index in [4.69, 9.17) is 0 Å². The summed E-state index contributed by atoms with van der Waals surface area (Å²) >= 11 is 0. The number of likely N-dealkylation sites (tertiary alicyclic amines) is 1. The molecular weight excluding hydrogens is 375 g/mol. The normalized spacial score (nSPS) is 17.6. The highest BCUT2D eigenvalue weighted by Gasteiger charge is 2.25. The van der Waals surface area contributed by atoms with E-state index < -0.39 is 5.82 Å². The summed E-state index contributed by atoms with van der Waals surface area (Å²) in [6, 6.07) is 5.69. The number of aromatic nitrogens is 2. The van der Waals surface area contributed by atoms with Crippen molar-refractivity contribution in [1.29, 1.82) is 0 Å². The van der Waals surface area contributed by atoms with Gasteiger partial charge in [0.1, 0.15) is 5.82 Å². The van der Waals surface area contributed by atoms with Crippen molar-refractivity contribution in [3.63, 3.8) is 0 Å². The molecule has 9 heteroatoms. The Hall–Kier alpha value is -2.94. The maximum absolute atomic E-state index is 13.7. The minimum atomic E-state index is -0.429. The first-order chi connectivity index (χ1) is 14.1. The average Bonchev–Trinajstić information content (AvgIpc) is 3.43. The lowest BCUT2D eigenvalue weighted by atomic mass is 10.2. The van der Waals surface area contributed by atoms with Gasteiger partial charge in [-0.3, -0.25) is 9.69 Å². The molecule has 2 aromatic rings. The monoisotopic (exact) mass is 400 g/mol. The minimum absolute atomic E-state index is 0.170. The fraction of sp³-hybridized carbons (Fsp3) is 0.450. The number of carbonyl (C=O) groups is 2. The maximum atomic E-state index is 13.7. The molecule has 3 amide bonds. The Morgan fingerprint density at radius 2 is 1.79 bits per heavy atom. The minimum Gasteiger partial charge on any atom is -0.342 e. The van der Waals surface area contributed by atoms with E-state index in [9.17, 15) is 14.0 Å². The summed E-state index contributed by atoms with van der Waals surface area (Å²) in [4.78, 5) is 30.7. The number of amides is 3. The third kappa shape index (κ3) is 4.56. The van der Waals surface area contributed by atoms with E-state index in [1.165, 1.54) is 12.1 Å². The zero-order valence-electron chi connectivity index (χ0n) is 16.3. The SMILES string of the molecule is O=C(CN1CCN(C(=O)Nc2cc(F)ccc2-n2cccn2)CC1)N1CCCC1. The quantitative estimate of drug-likeness (QED) is 0.849. The summed E-state index contributed by atoms with van der Waals surface area (Å²) in [6.45, 7) is 4.44. The second-order valence-electron chi connectivity index (χ2n) is 7.39. The van der Waals surface area contributed by atoms with Crippen LogP contribution in [0, 0.1) is 5.82 Å². The van der Waals surface area contributed by atoms with Crippen LogP contribution in [0.3, 0.4) is 0 Å². The predicted octanol–water partition coefficient (Wildman–Crippen LogP) is 1.78. The van der Waals surface area contributed by atoms with E-state index in [2.05, 4.69) is 15.3 Å². The van der Waals surface area contributed by atoms with Gasteiger partial charge < -0.3 is 15.1 Å². The second-order valence-corrected chi connectivity index (χ2v) is 7.39. The van der Waals surface area contributed by atoms with Gasteiger partial charge in [0, 0.05) is 51.7 Å². The maximum Gasteiger partial charge on any atom is 0.321 e. The Balaban J connectivity index is 1.33. The molecule has 3 heterocycles. The summed E-state index contributed by atoms with van der Waals surface area (Å²) in [5.74, 6) is -0.259. The topological polar surface area (TPSA) is 73.7 Å². The van der Waals surface area contributed by atoms with Gasteiger partial charge in [-0.15, -0.1) is 0 Å². The van der Waals surface area contributed by atoms with Crippen LogP contribution in [0.2, 0.25) is 0 Å². The molecule has 0 aliphatic carbocycles. The largest absolute Gasteiger partial charge is 0.342 e. The first-order valence-electron chi connectivity index (χ1n) is 9.96. The number of nitrogens with one attached hydrogen (secondary N) is 1. The van der Waals surface area contributed by atoms with E-state index >= 15 is 0 Å². The van der Waals surface area contributed by atoms with Crippen LogP contribution < -0.4 is 5.32 Å². The Morgan fingerprint density at radius 1 is 1.03 bits per heavy atom. The number of benzene rings is 1. The molecule has 8 nitrogen and oxygen atoms in total. The molecule has 0 bridgehead atoms. The highest BCUT2D eigenvalue weighted by atomic mass is 19.1. The van der Waals surface area contributed by atoms with Gasteiger partial charge in [-0.25, -0.2) is 13.9 Å². The van der Waals surface area contributed by atoms with Crippen LogP contribution in [0.4, 0.5) is 14.9 Å². The Kier molecular flexibility index (Phi) is 5.75. The molecule has 0 radical (unpaired) electrons.